The van der Waals surface area contributed by atoms with E-state index in [0.29, 0.717) is 25.7 Å². The third-order valence-electron chi connectivity index (χ3n) is 2.70. The van der Waals surface area contributed by atoms with Crippen molar-refractivity contribution < 1.29 is 13.9 Å². The van der Waals surface area contributed by atoms with Crippen LogP contribution in [0.1, 0.15) is 32.6 Å². The zero-order valence-corrected chi connectivity index (χ0v) is 7.60. The summed E-state index contributed by atoms with van der Waals surface area (Å²) >= 11 is 0. The van der Waals surface area contributed by atoms with E-state index in [1.165, 1.54) is 7.11 Å². The van der Waals surface area contributed by atoms with E-state index < -0.39 is 11.6 Å². The second-order valence-corrected chi connectivity index (χ2v) is 3.73. The molecular weight excluding hydrogens is 159 g/mol. The van der Waals surface area contributed by atoms with E-state index in [4.69, 9.17) is 0 Å². The minimum Gasteiger partial charge on any atom is -0.469 e. The second-order valence-electron chi connectivity index (χ2n) is 3.73. The lowest BCUT2D eigenvalue weighted by Crippen LogP contribution is -2.34. The molecule has 12 heavy (non-hydrogen) atoms. The van der Waals surface area contributed by atoms with Gasteiger partial charge in [0, 0.05) is 0 Å². The number of carbonyl (C=O) groups is 1. The highest BCUT2D eigenvalue weighted by atomic mass is 19.1. The molecule has 1 saturated carbocycles. The van der Waals surface area contributed by atoms with E-state index in [1.807, 2.05) is 6.92 Å². The van der Waals surface area contributed by atoms with Crippen molar-refractivity contribution in [1.82, 2.24) is 0 Å². The molecule has 0 amide bonds. The van der Waals surface area contributed by atoms with E-state index in [1.54, 1.807) is 0 Å². The second kappa shape index (κ2) is 3.42. The number of rotatable bonds is 1. The van der Waals surface area contributed by atoms with Crippen LogP contribution in [0.25, 0.3) is 0 Å². The van der Waals surface area contributed by atoms with Gasteiger partial charge < -0.3 is 4.74 Å². The molecule has 0 heterocycles. The number of methoxy groups -OCH3 is 1. The summed E-state index contributed by atoms with van der Waals surface area (Å²) in [5, 5.41) is 0. The molecule has 0 atom stereocenters. The molecule has 2 nitrogen and oxygen atoms in total. The Morgan fingerprint density at radius 1 is 1.50 bits per heavy atom. The maximum atomic E-state index is 12.7. The standard InChI is InChI=1S/C9H15FO2/c1-9(8(11)12-2)5-3-7(10)4-6-9/h7H,3-6H2,1-2H3. The first-order valence-electron chi connectivity index (χ1n) is 4.31. The van der Waals surface area contributed by atoms with Gasteiger partial charge in [-0.2, -0.15) is 0 Å². The number of ether oxygens (including phenoxy) is 1. The highest BCUT2D eigenvalue weighted by Crippen LogP contribution is 2.37. The molecule has 0 aromatic rings. The van der Waals surface area contributed by atoms with Crippen LogP contribution in [0.5, 0.6) is 0 Å². The van der Waals surface area contributed by atoms with Crippen molar-refractivity contribution in [1.29, 1.82) is 0 Å². The van der Waals surface area contributed by atoms with Crippen molar-refractivity contribution in [2.45, 2.75) is 38.8 Å². The predicted octanol–water partition coefficient (Wildman–Crippen LogP) is 2.08. The Bertz CT molecular complexity index is 171. The zero-order valence-electron chi connectivity index (χ0n) is 7.60. The van der Waals surface area contributed by atoms with Crippen LogP contribution in [0.15, 0.2) is 0 Å². The summed E-state index contributed by atoms with van der Waals surface area (Å²) in [5.74, 6) is -0.200. The lowest BCUT2D eigenvalue weighted by molar-refractivity contribution is -0.154. The SMILES string of the molecule is COC(=O)C1(C)CCC(F)CC1. The van der Waals surface area contributed by atoms with Crippen LogP contribution in [-0.4, -0.2) is 19.3 Å². The summed E-state index contributed by atoms with van der Waals surface area (Å²) < 4.78 is 17.4. The van der Waals surface area contributed by atoms with Crippen molar-refractivity contribution in [2.24, 2.45) is 5.41 Å². The van der Waals surface area contributed by atoms with Gasteiger partial charge in [-0.25, -0.2) is 4.39 Å². The summed E-state index contributed by atoms with van der Waals surface area (Å²) in [7, 11) is 1.38. The van der Waals surface area contributed by atoms with Gasteiger partial charge in [0.2, 0.25) is 0 Å². The molecule has 1 rings (SSSR count). The topological polar surface area (TPSA) is 26.3 Å². The highest BCUT2D eigenvalue weighted by molar-refractivity contribution is 5.76. The van der Waals surface area contributed by atoms with Gasteiger partial charge in [0.15, 0.2) is 0 Å². The van der Waals surface area contributed by atoms with E-state index in [-0.39, 0.29) is 5.97 Å². The van der Waals surface area contributed by atoms with Gasteiger partial charge in [-0.05, 0) is 32.6 Å². The molecule has 0 bridgehead atoms. The smallest absolute Gasteiger partial charge is 0.311 e. The fraction of sp³-hybridized carbons (Fsp3) is 0.889. The molecule has 3 heteroatoms. The van der Waals surface area contributed by atoms with Gasteiger partial charge in [-0.1, -0.05) is 0 Å². The first-order valence-corrected chi connectivity index (χ1v) is 4.31. The third-order valence-corrected chi connectivity index (χ3v) is 2.70. The number of esters is 1. The number of halogens is 1. The summed E-state index contributed by atoms with van der Waals surface area (Å²) in [6, 6.07) is 0. The quantitative estimate of drug-likeness (QED) is 0.569. The molecule has 0 aromatic heterocycles. The minimum absolute atomic E-state index is 0.200. The van der Waals surface area contributed by atoms with Crippen LogP contribution < -0.4 is 0 Å². The molecule has 0 unspecified atom stereocenters. The van der Waals surface area contributed by atoms with Crippen molar-refractivity contribution in [3.05, 3.63) is 0 Å². The summed E-state index contributed by atoms with van der Waals surface area (Å²) in [5.41, 5.74) is -0.433. The Kier molecular flexibility index (Phi) is 2.70. The Morgan fingerprint density at radius 2 is 2.00 bits per heavy atom. The van der Waals surface area contributed by atoms with Crippen LogP contribution in [-0.2, 0) is 9.53 Å². The first-order chi connectivity index (χ1) is 5.58. The molecule has 1 aliphatic rings. The zero-order chi connectivity index (χ0) is 9.19. The van der Waals surface area contributed by atoms with Crippen LogP contribution >= 0.6 is 0 Å². The number of carbonyl (C=O) groups excluding carboxylic acids is 1. The molecule has 0 spiro atoms. The van der Waals surface area contributed by atoms with Crippen LogP contribution in [0.3, 0.4) is 0 Å². The molecule has 1 fully saturated rings. The van der Waals surface area contributed by atoms with E-state index in [0.717, 1.165) is 0 Å². The molecule has 0 aliphatic heterocycles. The molecule has 70 valence electrons. The van der Waals surface area contributed by atoms with Crippen molar-refractivity contribution in [2.75, 3.05) is 7.11 Å². The maximum Gasteiger partial charge on any atom is 0.311 e. The van der Waals surface area contributed by atoms with Crippen molar-refractivity contribution >= 4 is 5.97 Å². The Hall–Kier alpha value is -0.600. The van der Waals surface area contributed by atoms with E-state index >= 15 is 0 Å². The van der Waals surface area contributed by atoms with Crippen molar-refractivity contribution in [3.63, 3.8) is 0 Å². The molecule has 0 N–H and O–H groups in total. The summed E-state index contributed by atoms with van der Waals surface area (Å²) in [6.45, 7) is 1.85. The monoisotopic (exact) mass is 174 g/mol. The molecule has 0 radical (unpaired) electrons. The van der Waals surface area contributed by atoms with Gasteiger partial charge in [-0.3, -0.25) is 4.79 Å². The third kappa shape index (κ3) is 1.76. The molecule has 0 aromatic carbocycles. The van der Waals surface area contributed by atoms with Crippen LogP contribution in [0.4, 0.5) is 4.39 Å². The van der Waals surface area contributed by atoms with Crippen LogP contribution in [0.2, 0.25) is 0 Å². The first kappa shape index (κ1) is 9.49. The fourth-order valence-corrected chi connectivity index (χ4v) is 1.67. The van der Waals surface area contributed by atoms with Gasteiger partial charge in [0.1, 0.15) is 6.17 Å². The maximum absolute atomic E-state index is 12.7. The lowest BCUT2D eigenvalue weighted by atomic mass is 9.75. The predicted molar refractivity (Wildman–Crippen MR) is 43.5 cm³/mol. The number of alkyl halides is 1. The van der Waals surface area contributed by atoms with E-state index in [9.17, 15) is 9.18 Å². The van der Waals surface area contributed by atoms with Gasteiger partial charge >= 0.3 is 5.97 Å². The molecular formula is C9H15FO2. The summed E-state index contributed by atoms with van der Waals surface area (Å²) in [4.78, 5) is 11.3. The number of hydrogen-bond donors (Lipinski definition) is 0. The largest absolute Gasteiger partial charge is 0.469 e. The van der Waals surface area contributed by atoms with Gasteiger partial charge in [0.25, 0.3) is 0 Å². The van der Waals surface area contributed by atoms with E-state index in [2.05, 4.69) is 4.74 Å². The Labute approximate surface area is 72.1 Å². The lowest BCUT2D eigenvalue weighted by Gasteiger charge is -2.31. The Morgan fingerprint density at radius 3 is 2.42 bits per heavy atom. The van der Waals surface area contributed by atoms with Gasteiger partial charge in [0.05, 0.1) is 12.5 Å². The van der Waals surface area contributed by atoms with Crippen molar-refractivity contribution in [3.8, 4) is 0 Å². The van der Waals surface area contributed by atoms with Crippen LogP contribution in [0, 0.1) is 5.41 Å². The van der Waals surface area contributed by atoms with Gasteiger partial charge in [-0.15, -0.1) is 0 Å². The average Bonchev–Trinajstić information content (AvgIpc) is 2.09. The summed E-state index contributed by atoms with van der Waals surface area (Å²) in [6.07, 6.45) is 1.49. The highest BCUT2D eigenvalue weighted by Gasteiger charge is 2.38. The average molecular weight is 174 g/mol. The number of hydrogen-bond acceptors (Lipinski definition) is 2. The molecule has 1 aliphatic carbocycles. The fourth-order valence-electron chi connectivity index (χ4n) is 1.67. The minimum atomic E-state index is -0.720. The molecule has 0 saturated heterocycles. The Balaban J connectivity index is 2.55. The normalized spacial score (nSPS) is 36.1.